The fourth-order valence-corrected chi connectivity index (χ4v) is 3.59. The van der Waals surface area contributed by atoms with Crippen LogP contribution >= 0.6 is 0 Å². The number of ether oxygens (including phenoxy) is 1. The maximum absolute atomic E-state index is 15.0. The Kier molecular flexibility index (Phi) is 8.13. The number of halogens is 1. The topological polar surface area (TPSA) is 46.5 Å². The highest BCUT2D eigenvalue weighted by Gasteiger charge is 2.11. The Morgan fingerprint density at radius 2 is 1.65 bits per heavy atom. The first kappa shape index (κ1) is 22.4. The van der Waals surface area contributed by atoms with E-state index in [4.69, 9.17) is 4.74 Å². The van der Waals surface area contributed by atoms with Crippen LogP contribution in [0.4, 0.5) is 4.39 Å². The van der Waals surface area contributed by atoms with Crippen molar-refractivity contribution >= 4 is 5.97 Å². The maximum Gasteiger partial charge on any atom is 0.330 e. The number of hydrogen-bond donors (Lipinski definition) is 1. The molecule has 1 N–H and O–H groups in total. The summed E-state index contributed by atoms with van der Waals surface area (Å²) in [7, 11) is 0. The van der Waals surface area contributed by atoms with Crippen molar-refractivity contribution in [2.75, 3.05) is 13.2 Å². The van der Waals surface area contributed by atoms with Crippen molar-refractivity contribution in [3.63, 3.8) is 0 Å². The van der Waals surface area contributed by atoms with Gasteiger partial charge in [0.15, 0.2) is 0 Å². The summed E-state index contributed by atoms with van der Waals surface area (Å²) >= 11 is 0. The van der Waals surface area contributed by atoms with Crippen molar-refractivity contribution in [3.8, 4) is 22.3 Å². The van der Waals surface area contributed by atoms with Gasteiger partial charge in [0.05, 0.1) is 6.61 Å². The quantitative estimate of drug-likeness (QED) is 0.259. The molecule has 0 heterocycles. The van der Waals surface area contributed by atoms with Crippen LogP contribution in [0.3, 0.4) is 0 Å². The second-order valence-corrected chi connectivity index (χ2v) is 7.35. The molecule has 0 unspecified atom stereocenters. The van der Waals surface area contributed by atoms with Crippen LogP contribution in [0.25, 0.3) is 22.3 Å². The Morgan fingerprint density at radius 3 is 2.35 bits per heavy atom. The van der Waals surface area contributed by atoms with Gasteiger partial charge in [-0.1, -0.05) is 67.2 Å². The van der Waals surface area contributed by atoms with Gasteiger partial charge < -0.3 is 9.84 Å². The summed E-state index contributed by atoms with van der Waals surface area (Å²) < 4.78 is 20.1. The monoisotopic (exact) mass is 418 g/mol. The van der Waals surface area contributed by atoms with Gasteiger partial charge in [-0.25, -0.2) is 9.18 Å². The molecule has 160 valence electrons. The second kappa shape index (κ2) is 11.2. The van der Waals surface area contributed by atoms with E-state index in [1.165, 1.54) is 0 Å². The predicted molar refractivity (Wildman–Crippen MR) is 122 cm³/mol. The minimum atomic E-state index is -0.435. The molecule has 3 aromatic carbocycles. The molecule has 0 spiro atoms. The average Bonchev–Trinajstić information content (AvgIpc) is 2.81. The van der Waals surface area contributed by atoms with E-state index in [2.05, 4.69) is 6.58 Å². The summed E-state index contributed by atoms with van der Waals surface area (Å²) in [6.07, 6.45) is 3.91. The van der Waals surface area contributed by atoms with Crippen molar-refractivity contribution in [2.45, 2.75) is 25.7 Å². The van der Waals surface area contributed by atoms with Crippen LogP contribution in [0.5, 0.6) is 0 Å². The van der Waals surface area contributed by atoms with Gasteiger partial charge in [-0.15, -0.1) is 0 Å². The molecule has 0 aromatic heterocycles. The second-order valence-electron chi connectivity index (χ2n) is 7.35. The van der Waals surface area contributed by atoms with E-state index in [1.54, 1.807) is 6.07 Å². The van der Waals surface area contributed by atoms with Crippen molar-refractivity contribution in [1.82, 2.24) is 0 Å². The van der Waals surface area contributed by atoms with Gasteiger partial charge >= 0.3 is 5.97 Å². The fraction of sp³-hybridized carbons (Fsp3) is 0.222. The molecule has 3 rings (SSSR count). The standard InChI is InChI=1S/C27H27FO3/c1-2-27(30)31-17-7-11-22-18-24(13-12-21(22)10-6-16-29)25-15-14-23(19-26(25)28)20-8-4-3-5-9-20/h2-5,8-9,12-15,18-19,29H,1,6-7,10-11,16-17H2. The first-order valence-corrected chi connectivity index (χ1v) is 10.5. The summed E-state index contributed by atoms with van der Waals surface area (Å²) in [4.78, 5) is 11.2. The van der Waals surface area contributed by atoms with Crippen molar-refractivity contribution in [2.24, 2.45) is 0 Å². The Balaban J connectivity index is 1.83. The lowest BCUT2D eigenvalue weighted by molar-refractivity contribution is -0.137. The lowest BCUT2D eigenvalue weighted by atomic mass is 9.93. The summed E-state index contributed by atoms with van der Waals surface area (Å²) in [6, 6.07) is 21.0. The van der Waals surface area contributed by atoms with Crippen molar-refractivity contribution in [1.29, 1.82) is 0 Å². The largest absolute Gasteiger partial charge is 0.463 e. The maximum atomic E-state index is 15.0. The average molecular weight is 419 g/mol. The van der Waals surface area contributed by atoms with Crippen LogP contribution in [0.2, 0.25) is 0 Å². The number of hydrogen-bond acceptors (Lipinski definition) is 3. The van der Waals surface area contributed by atoms with Gasteiger partial charge in [0.1, 0.15) is 5.82 Å². The zero-order valence-corrected chi connectivity index (χ0v) is 17.5. The first-order valence-electron chi connectivity index (χ1n) is 10.5. The molecule has 0 bridgehead atoms. The molecule has 31 heavy (non-hydrogen) atoms. The highest BCUT2D eigenvalue weighted by atomic mass is 19.1. The van der Waals surface area contributed by atoms with Gasteiger partial charge in [0.2, 0.25) is 0 Å². The molecule has 3 aromatic rings. The first-order chi connectivity index (χ1) is 15.1. The normalized spacial score (nSPS) is 10.6. The van der Waals surface area contributed by atoms with Crippen LogP contribution in [0.15, 0.2) is 79.4 Å². The number of carbonyl (C=O) groups excluding carboxylic acids is 1. The van der Waals surface area contributed by atoms with Crippen LogP contribution < -0.4 is 0 Å². The van der Waals surface area contributed by atoms with Gasteiger partial charge in [-0.05, 0) is 59.6 Å². The molecule has 0 aliphatic rings. The Bertz CT molecular complexity index is 1030. The Labute approximate surface area is 182 Å². The van der Waals surface area contributed by atoms with Crippen molar-refractivity contribution < 1.29 is 19.0 Å². The summed E-state index contributed by atoms with van der Waals surface area (Å²) in [5, 5.41) is 9.19. The summed E-state index contributed by atoms with van der Waals surface area (Å²) in [6.45, 7) is 3.81. The highest BCUT2D eigenvalue weighted by molar-refractivity contribution is 5.81. The number of benzene rings is 3. The highest BCUT2D eigenvalue weighted by Crippen LogP contribution is 2.30. The summed E-state index contributed by atoms with van der Waals surface area (Å²) in [5.74, 6) is -0.704. The molecular weight excluding hydrogens is 391 g/mol. The van der Waals surface area contributed by atoms with E-state index < -0.39 is 5.97 Å². The molecule has 0 saturated heterocycles. The summed E-state index contributed by atoms with van der Waals surface area (Å²) in [5.41, 5.74) is 5.37. The van der Waals surface area contributed by atoms with E-state index >= 15 is 0 Å². The van der Waals surface area contributed by atoms with Crippen LogP contribution in [-0.4, -0.2) is 24.3 Å². The third-order valence-electron chi connectivity index (χ3n) is 5.20. The van der Waals surface area contributed by atoms with Gasteiger partial charge in [-0.2, -0.15) is 0 Å². The number of rotatable bonds is 10. The molecule has 0 radical (unpaired) electrons. The number of aliphatic hydroxyl groups excluding tert-OH is 1. The van der Waals surface area contributed by atoms with Crippen LogP contribution in [0.1, 0.15) is 24.0 Å². The molecule has 3 nitrogen and oxygen atoms in total. The van der Waals surface area contributed by atoms with Gasteiger partial charge in [-0.3, -0.25) is 0 Å². The van der Waals surface area contributed by atoms with Crippen molar-refractivity contribution in [3.05, 3.63) is 96.3 Å². The van der Waals surface area contributed by atoms with Crippen LogP contribution in [0, 0.1) is 5.82 Å². The molecule has 0 aliphatic carbocycles. The minimum absolute atomic E-state index is 0.119. The zero-order chi connectivity index (χ0) is 22.1. The van der Waals surface area contributed by atoms with E-state index in [9.17, 15) is 14.3 Å². The van der Waals surface area contributed by atoms with E-state index in [-0.39, 0.29) is 12.4 Å². The Morgan fingerprint density at radius 1 is 0.903 bits per heavy atom. The third-order valence-corrected chi connectivity index (χ3v) is 5.20. The smallest absolute Gasteiger partial charge is 0.330 e. The molecule has 0 saturated carbocycles. The molecule has 0 aliphatic heterocycles. The molecular formula is C27H27FO3. The van der Waals surface area contributed by atoms with Gasteiger partial charge in [0, 0.05) is 18.2 Å². The van der Waals surface area contributed by atoms with E-state index in [1.807, 2.05) is 60.7 Å². The number of carbonyl (C=O) groups is 1. The van der Waals surface area contributed by atoms with Gasteiger partial charge in [0.25, 0.3) is 0 Å². The number of aryl methyl sites for hydroxylation is 2. The molecule has 4 heteroatoms. The Hall–Kier alpha value is -3.24. The molecule has 0 atom stereocenters. The number of esters is 1. The minimum Gasteiger partial charge on any atom is -0.463 e. The fourth-order valence-electron chi connectivity index (χ4n) is 3.59. The number of aliphatic hydroxyl groups is 1. The van der Waals surface area contributed by atoms with Crippen LogP contribution in [-0.2, 0) is 22.4 Å². The lowest BCUT2D eigenvalue weighted by Gasteiger charge is -2.13. The lowest BCUT2D eigenvalue weighted by Crippen LogP contribution is -2.04. The SMILES string of the molecule is C=CC(=O)OCCCc1cc(-c2ccc(-c3ccccc3)cc2F)ccc1CCCO. The van der Waals surface area contributed by atoms with E-state index in [0.29, 0.717) is 31.4 Å². The predicted octanol–water partition coefficient (Wildman–Crippen LogP) is 5.75. The third kappa shape index (κ3) is 6.12. The molecule has 0 amide bonds. The molecule has 0 fully saturated rings. The van der Waals surface area contributed by atoms with E-state index in [0.717, 1.165) is 40.3 Å². The zero-order valence-electron chi connectivity index (χ0n) is 17.5.